The molecule has 0 aliphatic heterocycles. The van der Waals surface area contributed by atoms with E-state index in [0.717, 1.165) is 28.8 Å². The molecule has 2 aromatic rings. The summed E-state index contributed by atoms with van der Waals surface area (Å²) < 4.78 is 0. The van der Waals surface area contributed by atoms with Crippen LogP contribution in [-0.4, -0.2) is 4.98 Å². The molecule has 2 heteroatoms. The van der Waals surface area contributed by atoms with Crippen LogP contribution >= 0.6 is 11.6 Å². The van der Waals surface area contributed by atoms with Crippen LogP contribution in [-0.2, 0) is 12.8 Å². The highest BCUT2D eigenvalue weighted by Crippen LogP contribution is 2.33. The van der Waals surface area contributed by atoms with E-state index >= 15 is 0 Å². The summed E-state index contributed by atoms with van der Waals surface area (Å²) in [5.41, 5.74) is 4.80. The molecule has 0 radical (unpaired) electrons. The first-order valence-electron chi connectivity index (χ1n) is 6.34. The van der Waals surface area contributed by atoms with E-state index in [1.807, 2.05) is 0 Å². The molecule has 0 unspecified atom stereocenters. The topological polar surface area (TPSA) is 12.9 Å². The van der Waals surface area contributed by atoms with Gasteiger partial charge in [0.2, 0.25) is 0 Å². The molecule has 0 saturated heterocycles. The zero-order chi connectivity index (χ0) is 11.8. The van der Waals surface area contributed by atoms with Gasteiger partial charge in [-0.15, -0.1) is 0 Å². The van der Waals surface area contributed by atoms with E-state index in [1.165, 1.54) is 36.1 Å². The standard InChI is InChI=1S/C15H16ClN/c1-10-6-5-9-13-14(10)15(16)11-7-3-2-4-8-12(11)17-13/h5-6,9H,2-4,7-8H2,1H3. The summed E-state index contributed by atoms with van der Waals surface area (Å²) in [5, 5.41) is 2.10. The highest BCUT2D eigenvalue weighted by molar-refractivity contribution is 6.36. The lowest BCUT2D eigenvalue weighted by Crippen LogP contribution is -1.99. The van der Waals surface area contributed by atoms with Crippen LogP contribution in [0.4, 0.5) is 0 Å². The highest BCUT2D eigenvalue weighted by atomic mass is 35.5. The second-order valence-corrected chi connectivity index (χ2v) is 5.26. The summed E-state index contributed by atoms with van der Waals surface area (Å²) in [6.07, 6.45) is 5.95. The van der Waals surface area contributed by atoms with Gasteiger partial charge in [0.05, 0.1) is 10.5 Å². The molecule has 1 aromatic heterocycles. The Labute approximate surface area is 107 Å². The van der Waals surface area contributed by atoms with Gasteiger partial charge >= 0.3 is 0 Å². The van der Waals surface area contributed by atoms with E-state index in [9.17, 15) is 0 Å². The van der Waals surface area contributed by atoms with E-state index in [0.29, 0.717) is 0 Å². The first-order valence-corrected chi connectivity index (χ1v) is 6.72. The quantitative estimate of drug-likeness (QED) is 0.625. The minimum atomic E-state index is 0.949. The van der Waals surface area contributed by atoms with Crippen LogP contribution in [0.15, 0.2) is 18.2 Å². The summed E-state index contributed by atoms with van der Waals surface area (Å²) in [7, 11) is 0. The fourth-order valence-corrected chi connectivity index (χ4v) is 3.20. The molecule has 0 N–H and O–H groups in total. The SMILES string of the molecule is Cc1cccc2nc3c(c(Cl)c12)CCCCC3. The minimum absolute atomic E-state index is 0.949. The van der Waals surface area contributed by atoms with Gasteiger partial charge in [0.1, 0.15) is 0 Å². The predicted octanol–water partition coefficient (Wildman–Crippen LogP) is 4.47. The molecule has 0 bridgehead atoms. The zero-order valence-electron chi connectivity index (χ0n) is 10.1. The second kappa shape index (κ2) is 4.30. The number of nitrogens with zero attached hydrogens (tertiary/aromatic N) is 1. The number of fused-ring (bicyclic) bond motifs is 2. The van der Waals surface area contributed by atoms with Crippen LogP contribution in [0.5, 0.6) is 0 Å². The summed E-state index contributed by atoms with van der Waals surface area (Å²) in [6, 6.07) is 6.24. The van der Waals surface area contributed by atoms with Crippen molar-refractivity contribution in [2.75, 3.05) is 0 Å². The maximum absolute atomic E-state index is 6.60. The molecule has 3 rings (SSSR count). The molecule has 1 aromatic carbocycles. The van der Waals surface area contributed by atoms with Gasteiger partial charge in [0.25, 0.3) is 0 Å². The van der Waals surface area contributed by atoms with Crippen LogP contribution < -0.4 is 0 Å². The number of aryl methyl sites for hydroxylation is 2. The molecule has 1 nitrogen and oxygen atoms in total. The fraction of sp³-hybridized carbons (Fsp3) is 0.400. The number of benzene rings is 1. The Balaban J connectivity index is 2.34. The molecule has 0 amide bonds. The Kier molecular flexibility index (Phi) is 2.79. The van der Waals surface area contributed by atoms with Gasteiger partial charge in [-0.25, -0.2) is 0 Å². The fourth-order valence-electron chi connectivity index (χ4n) is 2.75. The van der Waals surface area contributed by atoms with Gasteiger partial charge in [-0.1, -0.05) is 30.2 Å². The van der Waals surface area contributed by atoms with Gasteiger partial charge in [-0.05, 0) is 49.8 Å². The molecule has 0 spiro atoms. The minimum Gasteiger partial charge on any atom is -0.252 e. The van der Waals surface area contributed by atoms with Crippen LogP contribution in [0.3, 0.4) is 0 Å². The number of rotatable bonds is 0. The summed E-state index contributed by atoms with van der Waals surface area (Å²) in [6.45, 7) is 2.11. The highest BCUT2D eigenvalue weighted by Gasteiger charge is 2.16. The van der Waals surface area contributed by atoms with E-state index in [4.69, 9.17) is 16.6 Å². The third kappa shape index (κ3) is 1.83. The Bertz CT molecular complexity index is 575. The maximum atomic E-state index is 6.60. The smallest absolute Gasteiger partial charge is 0.0723 e. The molecule has 88 valence electrons. The van der Waals surface area contributed by atoms with E-state index < -0.39 is 0 Å². The van der Waals surface area contributed by atoms with E-state index in [1.54, 1.807) is 0 Å². The normalized spacial score (nSPS) is 15.6. The van der Waals surface area contributed by atoms with Crippen LogP contribution in [0, 0.1) is 6.92 Å². The third-order valence-corrected chi connectivity index (χ3v) is 4.10. The Morgan fingerprint density at radius 3 is 2.82 bits per heavy atom. The van der Waals surface area contributed by atoms with Gasteiger partial charge in [0.15, 0.2) is 0 Å². The monoisotopic (exact) mass is 245 g/mol. The van der Waals surface area contributed by atoms with Gasteiger partial charge in [0, 0.05) is 11.1 Å². The number of aromatic nitrogens is 1. The first kappa shape index (κ1) is 11.0. The molecule has 17 heavy (non-hydrogen) atoms. The van der Waals surface area contributed by atoms with Crippen molar-refractivity contribution in [2.45, 2.75) is 39.0 Å². The number of halogens is 1. The van der Waals surface area contributed by atoms with Crippen LogP contribution in [0.1, 0.15) is 36.1 Å². The van der Waals surface area contributed by atoms with Gasteiger partial charge < -0.3 is 0 Å². The maximum Gasteiger partial charge on any atom is 0.0723 e. The van der Waals surface area contributed by atoms with Crippen LogP contribution in [0.2, 0.25) is 5.02 Å². The van der Waals surface area contributed by atoms with Crippen LogP contribution in [0.25, 0.3) is 10.9 Å². The Morgan fingerprint density at radius 2 is 1.94 bits per heavy atom. The number of hydrogen-bond donors (Lipinski definition) is 0. The second-order valence-electron chi connectivity index (χ2n) is 4.88. The summed E-state index contributed by atoms with van der Waals surface area (Å²) in [4.78, 5) is 4.81. The third-order valence-electron chi connectivity index (χ3n) is 3.68. The number of hydrogen-bond acceptors (Lipinski definition) is 1. The lowest BCUT2D eigenvalue weighted by molar-refractivity contribution is 0.709. The molecule has 0 atom stereocenters. The Hall–Kier alpha value is -1.08. The molecule has 1 heterocycles. The Morgan fingerprint density at radius 1 is 1.12 bits per heavy atom. The average molecular weight is 246 g/mol. The predicted molar refractivity (Wildman–Crippen MR) is 72.7 cm³/mol. The van der Waals surface area contributed by atoms with Crippen molar-refractivity contribution in [1.29, 1.82) is 0 Å². The van der Waals surface area contributed by atoms with Crippen molar-refractivity contribution in [3.8, 4) is 0 Å². The van der Waals surface area contributed by atoms with Crippen molar-refractivity contribution in [3.63, 3.8) is 0 Å². The van der Waals surface area contributed by atoms with Gasteiger partial charge in [-0.2, -0.15) is 0 Å². The van der Waals surface area contributed by atoms with Crippen molar-refractivity contribution >= 4 is 22.5 Å². The zero-order valence-corrected chi connectivity index (χ0v) is 10.8. The van der Waals surface area contributed by atoms with E-state index in [-0.39, 0.29) is 0 Å². The summed E-state index contributed by atoms with van der Waals surface area (Å²) >= 11 is 6.60. The lowest BCUT2D eigenvalue weighted by Gasteiger charge is -2.12. The molecule has 0 saturated carbocycles. The summed E-state index contributed by atoms with van der Waals surface area (Å²) in [5.74, 6) is 0. The number of pyridine rings is 1. The molecule has 1 aliphatic carbocycles. The average Bonchev–Trinajstić information content (AvgIpc) is 2.54. The largest absolute Gasteiger partial charge is 0.252 e. The van der Waals surface area contributed by atoms with Crippen molar-refractivity contribution in [2.24, 2.45) is 0 Å². The van der Waals surface area contributed by atoms with Crippen molar-refractivity contribution in [1.82, 2.24) is 4.98 Å². The molecule has 0 fully saturated rings. The van der Waals surface area contributed by atoms with Gasteiger partial charge in [-0.3, -0.25) is 4.98 Å². The molecule has 1 aliphatic rings. The molecular formula is C15H16ClN. The lowest BCUT2D eigenvalue weighted by atomic mass is 10.0. The van der Waals surface area contributed by atoms with E-state index in [2.05, 4.69) is 25.1 Å². The first-order chi connectivity index (χ1) is 8.27. The van der Waals surface area contributed by atoms with Crippen molar-refractivity contribution < 1.29 is 0 Å². The van der Waals surface area contributed by atoms with Crippen molar-refractivity contribution in [3.05, 3.63) is 40.0 Å². The molecular weight excluding hydrogens is 230 g/mol.